The molecule has 11 nitrogen and oxygen atoms in total. The van der Waals surface area contributed by atoms with Crippen LogP contribution in [0.15, 0.2) is 0 Å². The quantitative estimate of drug-likeness (QED) is 0.161. The van der Waals surface area contributed by atoms with Crippen molar-refractivity contribution in [3.63, 3.8) is 0 Å². The van der Waals surface area contributed by atoms with Crippen molar-refractivity contribution < 1.29 is 29.2 Å². The molecule has 0 aromatic carbocycles. The number of urea groups is 1. The average Bonchev–Trinajstić information content (AvgIpc) is 3.31. The van der Waals surface area contributed by atoms with Crippen molar-refractivity contribution in [2.24, 2.45) is 11.8 Å². The van der Waals surface area contributed by atoms with E-state index in [0.29, 0.717) is 12.8 Å². The molecule has 198 valence electrons. The van der Waals surface area contributed by atoms with E-state index in [2.05, 4.69) is 12.2 Å². The number of carbonyl (C=O) groups is 5. The molecule has 2 heterocycles. The second-order valence-electron chi connectivity index (χ2n) is 10.2. The highest BCUT2D eigenvalue weighted by atomic mass is 16.5. The summed E-state index contributed by atoms with van der Waals surface area (Å²) >= 11 is 0. The van der Waals surface area contributed by atoms with E-state index >= 15 is 0 Å². The van der Waals surface area contributed by atoms with Crippen molar-refractivity contribution in [3.05, 3.63) is 0 Å². The van der Waals surface area contributed by atoms with Crippen LogP contribution in [0.25, 0.3) is 0 Å². The highest BCUT2D eigenvalue weighted by Gasteiger charge is 2.51. The lowest BCUT2D eigenvalue weighted by atomic mass is 9.85. The Morgan fingerprint density at radius 3 is 2.23 bits per heavy atom. The number of amides is 6. The van der Waals surface area contributed by atoms with Crippen LogP contribution in [0.2, 0.25) is 0 Å². The Bertz CT molecular complexity index is 816. The maximum atomic E-state index is 13.3. The van der Waals surface area contributed by atoms with E-state index in [-0.39, 0.29) is 13.0 Å². The van der Waals surface area contributed by atoms with Crippen molar-refractivity contribution in [2.45, 2.75) is 83.7 Å². The first-order chi connectivity index (χ1) is 16.5. The van der Waals surface area contributed by atoms with Gasteiger partial charge in [0, 0.05) is 13.6 Å². The van der Waals surface area contributed by atoms with Crippen LogP contribution in [-0.4, -0.2) is 88.3 Å². The van der Waals surface area contributed by atoms with Gasteiger partial charge in [0.25, 0.3) is 5.91 Å². The molecule has 6 amide bonds. The molecular weight excluding hydrogens is 454 g/mol. The van der Waals surface area contributed by atoms with E-state index in [1.54, 1.807) is 19.3 Å². The summed E-state index contributed by atoms with van der Waals surface area (Å²) in [7, 11) is 3.31. The maximum Gasteiger partial charge on any atom is 0.327 e. The van der Waals surface area contributed by atoms with E-state index < -0.39 is 53.1 Å². The number of rotatable bonds is 12. The van der Waals surface area contributed by atoms with Crippen molar-refractivity contribution in [1.82, 2.24) is 25.5 Å². The molecule has 0 aromatic heterocycles. The SMILES string of the molecule is CCCCCCC[C@@H](C(=O)NC(=O)[C@@H]1CCCN1C)C(CN1C(=O)N(C)C(C)(C)C1=O)C(=O)NO. The van der Waals surface area contributed by atoms with Crippen molar-refractivity contribution in [3.8, 4) is 0 Å². The molecule has 2 fully saturated rings. The lowest BCUT2D eigenvalue weighted by molar-refractivity contribution is -0.145. The topological polar surface area (TPSA) is 139 Å². The number of carbonyl (C=O) groups excluding carboxylic acids is 5. The molecule has 0 aromatic rings. The largest absolute Gasteiger partial charge is 0.327 e. The number of nitrogens with zero attached hydrogens (tertiary/aromatic N) is 3. The van der Waals surface area contributed by atoms with Gasteiger partial charge in [-0.15, -0.1) is 0 Å². The van der Waals surface area contributed by atoms with Crippen LogP contribution in [0.3, 0.4) is 0 Å². The number of hydrogen-bond donors (Lipinski definition) is 3. The first kappa shape index (κ1) is 28.7. The molecule has 11 heteroatoms. The number of likely N-dealkylation sites (tertiary alicyclic amines) is 1. The number of hydrogen-bond acceptors (Lipinski definition) is 7. The fourth-order valence-electron chi connectivity index (χ4n) is 4.84. The van der Waals surface area contributed by atoms with Crippen LogP contribution in [0.4, 0.5) is 4.79 Å². The molecule has 35 heavy (non-hydrogen) atoms. The Kier molecular flexibility index (Phi) is 10.2. The highest BCUT2D eigenvalue weighted by molar-refractivity contribution is 6.07. The molecule has 0 aliphatic carbocycles. The van der Waals surface area contributed by atoms with E-state index in [9.17, 15) is 29.2 Å². The molecule has 1 unspecified atom stereocenters. The van der Waals surface area contributed by atoms with Gasteiger partial charge in [-0.3, -0.25) is 39.5 Å². The molecule has 0 bridgehead atoms. The van der Waals surface area contributed by atoms with Crippen molar-refractivity contribution in [2.75, 3.05) is 27.2 Å². The smallest absolute Gasteiger partial charge is 0.313 e. The first-order valence-corrected chi connectivity index (χ1v) is 12.6. The summed E-state index contributed by atoms with van der Waals surface area (Å²) in [5, 5.41) is 11.9. The van der Waals surface area contributed by atoms with Crippen LogP contribution in [0.5, 0.6) is 0 Å². The van der Waals surface area contributed by atoms with Gasteiger partial charge in [0.15, 0.2) is 0 Å². The van der Waals surface area contributed by atoms with Gasteiger partial charge >= 0.3 is 6.03 Å². The third-order valence-corrected chi connectivity index (χ3v) is 7.46. The minimum absolute atomic E-state index is 0.275. The van der Waals surface area contributed by atoms with Gasteiger partial charge < -0.3 is 4.90 Å². The minimum atomic E-state index is -1.21. The minimum Gasteiger partial charge on any atom is -0.313 e. The fourth-order valence-corrected chi connectivity index (χ4v) is 4.84. The Labute approximate surface area is 207 Å². The third kappa shape index (κ3) is 6.58. The number of nitrogens with one attached hydrogen (secondary N) is 2. The molecule has 0 spiro atoms. The third-order valence-electron chi connectivity index (χ3n) is 7.46. The zero-order valence-corrected chi connectivity index (χ0v) is 21.6. The first-order valence-electron chi connectivity index (χ1n) is 12.6. The molecule has 3 N–H and O–H groups in total. The molecule has 0 saturated carbocycles. The molecule has 2 rings (SSSR count). The fraction of sp³-hybridized carbons (Fsp3) is 0.792. The average molecular weight is 496 g/mol. The summed E-state index contributed by atoms with van der Waals surface area (Å²) in [6.45, 7) is 5.67. The normalized spacial score (nSPS) is 21.8. The number of imide groups is 2. The van der Waals surface area contributed by atoms with Gasteiger partial charge in [-0.25, -0.2) is 10.3 Å². The molecule has 2 saturated heterocycles. The number of likely N-dealkylation sites (N-methyl/N-ethyl adjacent to an activating group) is 2. The van der Waals surface area contributed by atoms with E-state index in [0.717, 1.165) is 43.5 Å². The zero-order chi connectivity index (χ0) is 26.3. The van der Waals surface area contributed by atoms with Gasteiger partial charge in [0.05, 0.1) is 17.9 Å². The lowest BCUT2D eigenvalue weighted by Crippen LogP contribution is -2.51. The van der Waals surface area contributed by atoms with Crippen molar-refractivity contribution in [1.29, 1.82) is 0 Å². The summed E-state index contributed by atoms with van der Waals surface area (Å²) < 4.78 is 0. The standard InChI is InChI=1S/C24H41N5O6/c1-6-7-8-9-10-12-16(19(30)25-21(32)18-13-11-14-27(18)4)17(20(31)26-35)15-29-22(33)24(2,3)28(5)23(29)34/h16-18,35H,6-15H2,1-5H3,(H,26,31)(H,25,30,32)/t16-,17?,18+/m1/s1. The van der Waals surface area contributed by atoms with E-state index in [1.807, 2.05) is 11.9 Å². The summed E-state index contributed by atoms with van der Waals surface area (Å²) in [6, 6.07) is -1.01. The summed E-state index contributed by atoms with van der Waals surface area (Å²) in [4.78, 5) is 68.6. The Morgan fingerprint density at radius 2 is 1.71 bits per heavy atom. The van der Waals surface area contributed by atoms with E-state index in [1.165, 1.54) is 11.9 Å². The molecule has 0 radical (unpaired) electrons. The van der Waals surface area contributed by atoms with Crippen LogP contribution >= 0.6 is 0 Å². The zero-order valence-electron chi connectivity index (χ0n) is 21.6. The van der Waals surface area contributed by atoms with Crippen LogP contribution in [0, 0.1) is 11.8 Å². The summed E-state index contributed by atoms with van der Waals surface area (Å²) in [5.41, 5.74) is 0.488. The molecule has 3 atom stereocenters. The Balaban J connectivity index is 2.26. The Hall–Kier alpha value is -2.53. The van der Waals surface area contributed by atoms with E-state index in [4.69, 9.17) is 0 Å². The molecule has 2 aliphatic rings. The molecule has 2 aliphatic heterocycles. The monoisotopic (exact) mass is 495 g/mol. The molecular formula is C24H41N5O6. The van der Waals surface area contributed by atoms with Gasteiger partial charge in [-0.2, -0.15) is 0 Å². The predicted octanol–water partition coefficient (Wildman–Crippen LogP) is 1.49. The number of unbranched alkanes of at least 4 members (excludes halogenated alkanes) is 4. The van der Waals surface area contributed by atoms with Crippen LogP contribution in [-0.2, 0) is 19.2 Å². The van der Waals surface area contributed by atoms with Gasteiger partial charge in [-0.05, 0) is 46.7 Å². The second kappa shape index (κ2) is 12.4. The maximum absolute atomic E-state index is 13.3. The second-order valence-corrected chi connectivity index (χ2v) is 10.2. The van der Waals surface area contributed by atoms with Gasteiger partial charge in [0.2, 0.25) is 17.7 Å². The number of hydroxylamine groups is 1. The van der Waals surface area contributed by atoms with Gasteiger partial charge in [-0.1, -0.05) is 39.0 Å². The van der Waals surface area contributed by atoms with Gasteiger partial charge in [0.1, 0.15) is 5.54 Å². The van der Waals surface area contributed by atoms with Crippen molar-refractivity contribution >= 4 is 29.7 Å². The van der Waals surface area contributed by atoms with Crippen LogP contribution in [0.1, 0.15) is 72.1 Å². The summed E-state index contributed by atoms with van der Waals surface area (Å²) in [6.07, 6.45) is 6.28. The summed E-state index contributed by atoms with van der Waals surface area (Å²) in [5.74, 6) is -4.65. The van der Waals surface area contributed by atoms with Crippen LogP contribution < -0.4 is 10.8 Å². The predicted molar refractivity (Wildman–Crippen MR) is 128 cm³/mol. The lowest BCUT2D eigenvalue weighted by Gasteiger charge is -2.28. The highest BCUT2D eigenvalue weighted by Crippen LogP contribution is 2.29. The Morgan fingerprint density at radius 1 is 1.06 bits per heavy atom.